The summed E-state index contributed by atoms with van der Waals surface area (Å²) in [5.41, 5.74) is 0.468. The number of rotatable bonds is 10. The van der Waals surface area contributed by atoms with Crippen LogP contribution in [0.15, 0.2) is 53.4 Å². The molecule has 0 aliphatic rings. The van der Waals surface area contributed by atoms with Gasteiger partial charge in [-0.2, -0.15) is 0 Å². The van der Waals surface area contributed by atoms with Crippen LogP contribution in [0.2, 0.25) is 0 Å². The highest BCUT2D eigenvalue weighted by molar-refractivity contribution is 8.32. The van der Waals surface area contributed by atoms with Gasteiger partial charge in [0.05, 0.1) is 19.6 Å². The van der Waals surface area contributed by atoms with Crippen LogP contribution in [0.3, 0.4) is 0 Å². The molecular formula is C27H39N3O6S. The quantitative estimate of drug-likeness (QED) is 0.368. The third-order valence-corrected chi connectivity index (χ3v) is 6.83. The van der Waals surface area contributed by atoms with E-state index in [2.05, 4.69) is 34.7 Å². The second kappa shape index (κ2) is 12.8. The monoisotopic (exact) mass is 533 g/mol. The first kappa shape index (κ1) is 30.0. The Morgan fingerprint density at radius 1 is 0.973 bits per heavy atom. The zero-order chi connectivity index (χ0) is 27.8. The molecule has 0 spiro atoms. The minimum Gasteiger partial charge on any atom is -0.497 e. The predicted molar refractivity (Wildman–Crippen MR) is 147 cm³/mol. The minimum atomic E-state index is -1.17. The molecule has 2 rings (SSSR count). The van der Waals surface area contributed by atoms with Crippen molar-refractivity contribution in [2.24, 2.45) is 0 Å². The van der Waals surface area contributed by atoms with Crippen LogP contribution in [0.5, 0.6) is 5.75 Å². The van der Waals surface area contributed by atoms with Crippen molar-refractivity contribution in [3.63, 3.8) is 0 Å². The lowest BCUT2D eigenvalue weighted by Crippen LogP contribution is -2.41. The molecule has 204 valence electrons. The number of ether oxygens (including phenoxy) is 2. The van der Waals surface area contributed by atoms with Crippen molar-refractivity contribution in [3.05, 3.63) is 54.1 Å². The number of hydrogen-bond donors (Lipinski definition) is 4. The Bertz CT molecular complexity index is 1060. The van der Waals surface area contributed by atoms with E-state index in [4.69, 9.17) is 9.47 Å². The summed E-state index contributed by atoms with van der Waals surface area (Å²) in [4.78, 5) is 39.0. The van der Waals surface area contributed by atoms with Crippen LogP contribution in [0.4, 0.5) is 10.5 Å². The summed E-state index contributed by atoms with van der Waals surface area (Å²) in [7, 11) is 0.638. The van der Waals surface area contributed by atoms with Gasteiger partial charge in [0, 0.05) is 12.2 Å². The molecule has 0 aliphatic carbocycles. The van der Waals surface area contributed by atoms with Crippen molar-refractivity contribution < 1.29 is 29.0 Å². The van der Waals surface area contributed by atoms with Gasteiger partial charge in [-0.3, -0.25) is 9.59 Å². The lowest BCUT2D eigenvalue weighted by atomic mass is 10.0. The Hall–Kier alpha value is -3.24. The summed E-state index contributed by atoms with van der Waals surface area (Å²) < 4.78 is 10.3. The van der Waals surface area contributed by atoms with E-state index in [9.17, 15) is 19.5 Å². The van der Waals surface area contributed by atoms with E-state index >= 15 is 0 Å². The topological polar surface area (TPSA) is 126 Å². The molecule has 0 saturated carbocycles. The number of anilines is 1. The second-order valence-electron chi connectivity index (χ2n) is 10.4. The maximum atomic E-state index is 13.2. The maximum absolute atomic E-state index is 13.2. The van der Waals surface area contributed by atoms with Crippen LogP contribution in [-0.2, 0) is 14.3 Å². The molecule has 2 unspecified atom stereocenters. The summed E-state index contributed by atoms with van der Waals surface area (Å²) in [6, 6.07) is 13.4. The lowest BCUT2D eigenvalue weighted by molar-refractivity contribution is -0.128. The van der Waals surface area contributed by atoms with Crippen molar-refractivity contribution in [1.82, 2.24) is 10.6 Å². The molecule has 0 fully saturated rings. The molecule has 4 N–H and O–H groups in total. The maximum Gasteiger partial charge on any atom is 0.407 e. The van der Waals surface area contributed by atoms with E-state index < -0.39 is 45.7 Å². The van der Waals surface area contributed by atoms with Crippen molar-refractivity contribution in [3.8, 4) is 5.75 Å². The average molecular weight is 534 g/mol. The van der Waals surface area contributed by atoms with Gasteiger partial charge in [-0.1, -0.05) is 12.1 Å². The summed E-state index contributed by atoms with van der Waals surface area (Å²) in [6.45, 7) is 4.99. The highest BCUT2D eigenvalue weighted by Crippen LogP contribution is 2.45. The van der Waals surface area contributed by atoms with Gasteiger partial charge in [-0.15, -0.1) is 0 Å². The molecule has 0 saturated heterocycles. The number of aliphatic hydroxyl groups excluding tert-OH is 1. The van der Waals surface area contributed by atoms with E-state index in [-0.39, 0.29) is 13.0 Å². The van der Waals surface area contributed by atoms with E-state index in [1.165, 1.54) is 12.0 Å². The van der Waals surface area contributed by atoms with Crippen LogP contribution >= 0.6 is 10.0 Å². The summed E-state index contributed by atoms with van der Waals surface area (Å²) >= 11 is 0. The fourth-order valence-corrected chi connectivity index (χ4v) is 4.23. The van der Waals surface area contributed by atoms with Crippen LogP contribution < -0.4 is 20.7 Å². The normalized spacial score (nSPS) is 13.6. The number of alkyl carbamates (subject to hydrolysis) is 1. The van der Waals surface area contributed by atoms with Crippen molar-refractivity contribution in [1.29, 1.82) is 0 Å². The Morgan fingerprint density at radius 2 is 1.57 bits per heavy atom. The van der Waals surface area contributed by atoms with Gasteiger partial charge in [0.25, 0.3) is 5.91 Å². The number of nitrogens with one attached hydrogen (secondary N) is 3. The number of methoxy groups -OCH3 is 1. The molecule has 3 amide bonds. The van der Waals surface area contributed by atoms with Gasteiger partial charge >= 0.3 is 6.09 Å². The van der Waals surface area contributed by atoms with E-state index in [1.54, 1.807) is 45.0 Å². The molecule has 0 heterocycles. The van der Waals surface area contributed by atoms with Gasteiger partial charge in [-0.05, 0) is 86.4 Å². The largest absolute Gasteiger partial charge is 0.497 e. The van der Waals surface area contributed by atoms with Crippen molar-refractivity contribution in [2.45, 2.75) is 49.8 Å². The zero-order valence-electron chi connectivity index (χ0n) is 22.6. The molecule has 0 aliphatic heterocycles. The standard InChI is InChI=1S/C27H39N3O6S/c1-27(2,3)36-26(34)28-17-20(31)16-23(32)30-24(18-8-12-21(35-4)13-9-18)25(33)29-19-10-14-22(15-11-19)37(5,6)7/h8-15,20,24,31H,16-17H2,1-7H3,(H,28,34)(H,29,33)(H,30,32). The van der Waals surface area contributed by atoms with Gasteiger partial charge in [0.1, 0.15) is 17.4 Å². The average Bonchev–Trinajstić information content (AvgIpc) is 2.80. The Kier molecular flexibility index (Phi) is 10.4. The number of carbonyl (C=O) groups excluding carboxylic acids is 3. The Labute approximate surface area is 220 Å². The van der Waals surface area contributed by atoms with Gasteiger partial charge in [0.2, 0.25) is 5.91 Å². The molecule has 2 aromatic carbocycles. The van der Waals surface area contributed by atoms with Gasteiger partial charge < -0.3 is 30.5 Å². The number of amides is 3. The highest BCUT2D eigenvalue weighted by Gasteiger charge is 2.25. The first-order valence-corrected chi connectivity index (χ1v) is 14.7. The molecule has 0 bridgehead atoms. The summed E-state index contributed by atoms with van der Waals surface area (Å²) in [5, 5.41) is 18.2. The van der Waals surface area contributed by atoms with Crippen LogP contribution in [0.25, 0.3) is 0 Å². The minimum absolute atomic E-state index is 0.177. The first-order valence-electron chi connectivity index (χ1n) is 11.9. The molecule has 0 aromatic heterocycles. The SMILES string of the molecule is COc1ccc(C(NC(=O)CC(O)CNC(=O)OC(C)(C)C)C(=O)Nc2ccc(S(C)(C)C)cc2)cc1. The van der Waals surface area contributed by atoms with E-state index in [0.29, 0.717) is 17.0 Å². The second-order valence-corrected chi connectivity index (χ2v) is 14.5. The van der Waals surface area contributed by atoms with Crippen LogP contribution in [-0.4, -0.2) is 67.1 Å². The third kappa shape index (κ3) is 10.3. The fraction of sp³-hybridized carbons (Fsp3) is 0.444. The fourth-order valence-electron chi connectivity index (χ4n) is 3.28. The Balaban J connectivity index is 2.09. The zero-order valence-corrected chi connectivity index (χ0v) is 23.4. The van der Waals surface area contributed by atoms with Crippen molar-refractivity contribution >= 4 is 33.6 Å². The van der Waals surface area contributed by atoms with E-state index in [0.717, 1.165) is 0 Å². The molecule has 9 nitrogen and oxygen atoms in total. The molecular weight excluding hydrogens is 494 g/mol. The number of hydrogen-bond acceptors (Lipinski definition) is 6. The summed E-state index contributed by atoms with van der Waals surface area (Å²) in [6.07, 6.45) is 4.38. The number of aliphatic hydroxyl groups is 1. The van der Waals surface area contributed by atoms with Crippen LogP contribution in [0.1, 0.15) is 38.8 Å². The molecule has 2 aromatic rings. The molecule has 2 atom stereocenters. The lowest BCUT2D eigenvalue weighted by Gasteiger charge is -2.26. The summed E-state index contributed by atoms with van der Waals surface area (Å²) in [5.74, 6) is -0.380. The van der Waals surface area contributed by atoms with Gasteiger partial charge in [0.15, 0.2) is 0 Å². The van der Waals surface area contributed by atoms with Crippen molar-refractivity contribution in [2.75, 3.05) is 37.7 Å². The number of carbonyl (C=O) groups is 3. The molecule has 0 radical (unpaired) electrons. The first-order chi connectivity index (χ1) is 17.2. The molecule has 37 heavy (non-hydrogen) atoms. The third-order valence-electron chi connectivity index (χ3n) is 5.15. The number of benzene rings is 2. The van der Waals surface area contributed by atoms with Gasteiger partial charge in [-0.25, -0.2) is 14.8 Å². The van der Waals surface area contributed by atoms with Crippen LogP contribution in [0, 0.1) is 0 Å². The Morgan fingerprint density at radius 3 is 2.08 bits per heavy atom. The highest BCUT2D eigenvalue weighted by atomic mass is 32.3. The predicted octanol–water partition coefficient (Wildman–Crippen LogP) is 3.82. The molecule has 10 heteroatoms. The smallest absolute Gasteiger partial charge is 0.407 e. The van der Waals surface area contributed by atoms with E-state index in [1.807, 2.05) is 24.3 Å².